The summed E-state index contributed by atoms with van der Waals surface area (Å²) in [6.07, 6.45) is 0. The van der Waals surface area contributed by atoms with Crippen LogP contribution >= 0.6 is 0 Å². The summed E-state index contributed by atoms with van der Waals surface area (Å²) in [5, 5.41) is 0. The van der Waals surface area contributed by atoms with Crippen LogP contribution in [0.15, 0.2) is 0 Å². The quantitative estimate of drug-likeness (QED) is 0.423. The Morgan fingerprint density at radius 2 is 1.14 bits per heavy atom. The molecule has 0 heterocycles. The standard InChI is InChI=1S/Cr.Li.Mn.2H2O.2O.H/h;;;2*1H2;;;/q+2;;;;;;;/p-2. The molecule has 0 fully saturated rings. The van der Waals surface area contributed by atoms with Crippen LogP contribution in [-0.4, -0.2) is 27.2 Å². The van der Waals surface area contributed by atoms with Crippen LogP contribution in [0.25, 0.3) is 0 Å². The van der Waals surface area contributed by atoms with Crippen LogP contribution in [0.3, 0.4) is 0 Å². The van der Waals surface area contributed by atoms with Crippen LogP contribution in [0.1, 0.15) is 0 Å². The molecule has 4 nitrogen and oxygen atoms in total. The van der Waals surface area contributed by atoms with Gasteiger partial charge in [-0.05, 0) is 0 Å². The molecule has 0 amide bonds. The Labute approximate surface area is 65.3 Å². The predicted molar refractivity (Wildman–Crippen MR) is 13.0 cm³/mol. The fourth-order valence-electron chi connectivity index (χ4n) is 0. The van der Waals surface area contributed by atoms with Gasteiger partial charge >= 0.3 is 48.4 Å². The topological polar surface area (TPSA) is 74.6 Å². The van der Waals surface area contributed by atoms with Crippen molar-refractivity contribution >= 4 is 18.9 Å². The van der Waals surface area contributed by atoms with Crippen molar-refractivity contribution in [3.05, 3.63) is 0 Å². The molecule has 7 heavy (non-hydrogen) atoms. The third kappa shape index (κ3) is 140. The molecule has 0 aromatic rings. The molecule has 0 aliphatic heterocycles. The molecule has 41 valence electrons. The Balaban J connectivity index is -0.0000000800. The van der Waals surface area contributed by atoms with Gasteiger partial charge in [-0.15, -0.1) is 0 Å². The fourth-order valence-corrected chi connectivity index (χ4v) is 0. The molecular weight excluding hydrogens is 178 g/mol. The summed E-state index contributed by atoms with van der Waals surface area (Å²) in [5.74, 6) is 0. The molecule has 0 aliphatic carbocycles. The van der Waals surface area contributed by atoms with Crippen molar-refractivity contribution in [3.8, 4) is 0 Å². The van der Waals surface area contributed by atoms with Crippen LogP contribution < -0.4 is 0 Å². The Morgan fingerprint density at radius 3 is 1.14 bits per heavy atom. The van der Waals surface area contributed by atoms with Crippen LogP contribution in [-0.2, 0) is 38.3 Å². The molecule has 0 unspecified atom stereocenters. The second-order valence-corrected chi connectivity index (χ2v) is 1.85. The first kappa shape index (κ1) is 15.7. The summed E-state index contributed by atoms with van der Waals surface area (Å²) >= 11 is -5.25. The van der Waals surface area contributed by atoms with Gasteiger partial charge in [-0.3, -0.25) is 0 Å². The zero-order valence-electron chi connectivity index (χ0n) is 2.50. The van der Waals surface area contributed by atoms with E-state index in [0.29, 0.717) is 0 Å². The van der Waals surface area contributed by atoms with Crippen molar-refractivity contribution in [1.29, 1.82) is 0 Å². The van der Waals surface area contributed by atoms with Gasteiger partial charge in [0.05, 0.1) is 0 Å². The second kappa shape index (κ2) is 5.31. The third-order valence-electron chi connectivity index (χ3n) is 0. The van der Waals surface area contributed by atoms with Gasteiger partial charge in [0.25, 0.3) is 0 Å². The van der Waals surface area contributed by atoms with Gasteiger partial charge in [0.1, 0.15) is 0 Å². The van der Waals surface area contributed by atoms with Crippen molar-refractivity contribution in [3.63, 3.8) is 0 Å². The van der Waals surface area contributed by atoms with E-state index in [9.17, 15) is 0 Å². The number of hydrogen-bond acceptors (Lipinski definition) is 2. The second-order valence-electron chi connectivity index (χ2n) is 0.448. The molecule has 7 heteroatoms. The van der Waals surface area contributed by atoms with E-state index in [2.05, 4.69) is 0 Å². The van der Waals surface area contributed by atoms with E-state index in [1.54, 1.807) is 0 Å². The Morgan fingerprint density at radius 1 is 1.14 bits per heavy atom. The van der Waals surface area contributed by atoms with E-state index in [4.69, 9.17) is 15.9 Å². The van der Waals surface area contributed by atoms with Crippen molar-refractivity contribution in [1.82, 2.24) is 0 Å². The van der Waals surface area contributed by atoms with Crippen molar-refractivity contribution in [2.75, 3.05) is 0 Å². The van der Waals surface area contributed by atoms with Crippen LogP contribution in [0.5, 0.6) is 0 Å². The molecule has 1 radical (unpaired) electrons. The zero-order chi connectivity index (χ0) is 4.50. The maximum atomic E-state index is 8.82. The molecule has 0 saturated carbocycles. The molecule has 0 spiro atoms. The fraction of sp³-hybridized carbons (Fsp3) is 0. The van der Waals surface area contributed by atoms with Gasteiger partial charge in [-0.25, -0.2) is 0 Å². The minimum atomic E-state index is -5.25. The van der Waals surface area contributed by atoms with Crippen LogP contribution in [0, 0.1) is 0 Å². The van der Waals surface area contributed by atoms with E-state index in [0.717, 1.165) is 0 Å². The molecule has 0 atom stereocenters. The van der Waals surface area contributed by atoms with Crippen molar-refractivity contribution in [2.45, 2.75) is 0 Å². The molecular formula is H3CrLiMnO4. The SMILES string of the molecule is [LiH].[Mn].[O]=[Cr](=[O])([OH])[OH]. The Bertz CT molecular complexity index is 94.9. The first-order valence-corrected chi connectivity index (χ1v) is 2.88. The normalized spacial score (nSPS) is 8.29. The van der Waals surface area contributed by atoms with E-state index < -0.39 is 13.6 Å². The molecule has 0 rings (SSSR count). The summed E-state index contributed by atoms with van der Waals surface area (Å²) in [5.41, 5.74) is 0. The summed E-state index contributed by atoms with van der Waals surface area (Å²) < 4.78 is 31.9. The number of hydrogen-bond donors (Lipinski definition) is 2. The Hall–Kier alpha value is 1.17. The van der Waals surface area contributed by atoms with Gasteiger partial charge in [0.2, 0.25) is 0 Å². The van der Waals surface area contributed by atoms with Crippen LogP contribution in [0.2, 0.25) is 0 Å². The van der Waals surface area contributed by atoms with Gasteiger partial charge in [0.15, 0.2) is 0 Å². The van der Waals surface area contributed by atoms with Crippen molar-refractivity contribution in [2.24, 2.45) is 0 Å². The molecule has 0 aromatic heterocycles. The summed E-state index contributed by atoms with van der Waals surface area (Å²) in [6, 6.07) is 0. The molecule has 0 aromatic carbocycles. The first-order valence-electron chi connectivity index (χ1n) is 0.698. The molecule has 0 bridgehead atoms. The summed E-state index contributed by atoms with van der Waals surface area (Å²) in [7, 11) is 0. The van der Waals surface area contributed by atoms with Gasteiger partial charge < -0.3 is 0 Å². The summed E-state index contributed by atoms with van der Waals surface area (Å²) in [6.45, 7) is 0. The van der Waals surface area contributed by atoms with Gasteiger partial charge in [-0.2, -0.15) is 0 Å². The third-order valence-corrected chi connectivity index (χ3v) is 0. The maximum absolute atomic E-state index is 8.82. The minimum absolute atomic E-state index is 0. The average molecular weight is 181 g/mol. The molecule has 0 aliphatic rings. The molecule has 0 saturated heterocycles. The number of rotatable bonds is 0. The van der Waals surface area contributed by atoms with Gasteiger partial charge in [0, 0.05) is 17.1 Å². The predicted octanol–water partition coefficient (Wildman–Crippen LogP) is -2.01. The van der Waals surface area contributed by atoms with E-state index >= 15 is 0 Å². The van der Waals surface area contributed by atoms with Crippen molar-refractivity contribution < 1.29 is 46.6 Å². The van der Waals surface area contributed by atoms with E-state index in [-0.39, 0.29) is 35.9 Å². The average Bonchev–Trinajstić information content (AvgIpc) is 0.722. The van der Waals surface area contributed by atoms with Crippen LogP contribution in [0.4, 0.5) is 0 Å². The van der Waals surface area contributed by atoms with E-state index in [1.165, 1.54) is 0 Å². The monoisotopic (exact) mass is 181 g/mol. The Kier molecular flexibility index (Phi) is 11.9. The van der Waals surface area contributed by atoms with E-state index in [1.807, 2.05) is 0 Å². The molecule has 2 N–H and O–H groups in total. The zero-order valence-corrected chi connectivity index (χ0v) is 4.95. The van der Waals surface area contributed by atoms with Gasteiger partial charge in [-0.1, -0.05) is 0 Å². The summed E-state index contributed by atoms with van der Waals surface area (Å²) in [4.78, 5) is 0. The first-order chi connectivity index (χ1) is 2.00.